The van der Waals surface area contributed by atoms with E-state index in [0.717, 1.165) is 24.0 Å². The molecule has 0 amide bonds. The maximum atomic E-state index is 3.82. The predicted molar refractivity (Wildman–Crippen MR) is 69.7 cm³/mol. The molecule has 0 aromatic carbocycles. The lowest BCUT2D eigenvalue weighted by atomic mass is 9.96. The summed E-state index contributed by atoms with van der Waals surface area (Å²) in [7, 11) is 2.32. The fourth-order valence-electron chi connectivity index (χ4n) is 3.49. The number of nitrogens with one attached hydrogen (secondary N) is 1. The zero-order valence-electron chi connectivity index (χ0n) is 11.2. The van der Waals surface area contributed by atoms with Crippen molar-refractivity contribution in [2.45, 2.75) is 70.5 Å². The minimum atomic E-state index is 0.800. The van der Waals surface area contributed by atoms with Gasteiger partial charge in [0.15, 0.2) is 0 Å². The number of hydrogen-bond acceptors (Lipinski definition) is 2. The van der Waals surface area contributed by atoms with E-state index in [1.54, 1.807) is 0 Å². The maximum Gasteiger partial charge on any atom is 0.0111 e. The van der Waals surface area contributed by atoms with Crippen molar-refractivity contribution in [3.63, 3.8) is 0 Å². The third kappa shape index (κ3) is 2.60. The quantitative estimate of drug-likeness (QED) is 0.772. The van der Waals surface area contributed by atoms with E-state index in [9.17, 15) is 0 Å². The lowest BCUT2D eigenvalue weighted by Gasteiger charge is -2.37. The summed E-state index contributed by atoms with van der Waals surface area (Å²) < 4.78 is 0. The maximum absolute atomic E-state index is 3.82. The highest BCUT2D eigenvalue weighted by molar-refractivity contribution is 4.95. The third-order valence-corrected chi connectivity index (χ3v) is 4.95. The highest BCUT2D eigenvalue weighted by Crippen LogP contribution is 2.34. The topological polar surface area (TPSA) is 15.3 Å². The lowest BCUT2D eigenvalue weighted by molar-refractivity contribution is 0.146. The molecule has 0 radical (unpaired) electrons. The molecule has 0 spiro atoms. The molecule has 1 N–H and O–H groups in total. The molecule has 2 fully saturated rings. The van der Waals surface area contributed by atoms with Crippen LogP contribution in [0.5, 0.6) is 0 Å². The smallest absolute Gasteiger partial charge is 0.0111 e. The molecule has 0 aromatic heterocycles. The summed E-state index contributed by atoms with van der Waals surface area (Å²) in [5, 5.41) is 3.82. The summed E-state index contributed by atoms with van der Waals surface area (Å²) in [4.78, 5) is 2.62. The van der Waals surface area contributed by atoms with Gasteiger partial charge in [-0.25, -0.2) is 0 Å². The lowest BCUT2D eigenvalue weighted by Crippen LogP contribution is -2.48. The molecule has 94 valence electrons. The fourth-order valence-corrected chi connectivity index (χ4v) is 3.49. The van der Waals surface area contributed by atoms with Crippen LogP contribution in [-0.2, 0) is 0 Å². The molecule has 2 unspecified atom stereocenters. The Bertz CT molecular complexity index is 199. The molecule has 0 aliphatic carbocycles. The van der Waals surface area contributed by atoms with E-state index in [0.29, 0.717) is 0 Å². The van der Waals surface area contributed by atoms with Crippen LogP contribution in [0.2, 0.25) is 0 Å². The SMILES string of the molecule is CCC(CC)CNC1CC2CCC(C1)N2C. The Morgan fingerprint density at radius 3 is 2.19 bits per heavy atom. The Morgan fingerprint density at radius 2 is 1.69 bits per heavy atom. The van der Waals surface area contributed by atoms with Crippen LogP contribution in [0.15, 0.2) is 0 Å². The van der Waals surface area contributed by atoms with E-state index in [4.69, 9.17) is 0 Å². The molecule has 2 aliphatic heterocycles. The summed E-state index contributed by atoms with van der Waals surface area (Å²) in [6.45, 7) is 5.86. The van der Waals surface area contributed by atoms with Crippen LogP contribution in [0, 0.1) is 5.92 Å². The molecule has 0 saturated carbocycles. The fraction of sp³-hybridized carbons (Fsp3) is 1.00. The van der Waals surface area contributed by atoms with E-state index in [-0.39, 0.29) is 0 Å². The largest absolute Gasteiger partial charge is 0.314 e. The number of nitrogens with zero attached hydrogens (tertiary/aromatic N) is 1. The Morgan fingerprint density at radius 1 is 1.12 bits per heavy atom. The average molecular weight is 224 g/mol. The second kappa shape index (κ2) is 5.50. The second-order valence-electron chi connectivity index (χ2n) is 5.81. The average Bonchev–Trinajstić information content (AvgIpc) is 2.55. The summed E-state index contributed by atoms with van der Waals surface area (Å²) in [5.74, 6) is 0.886. The molecule has 2 bridgehead atoms. The van der Waals surface area contributed by atoms with Crippen LogP contribution >= 0.6 is 0 Å². The van der Waals surface area contributed by atoms with Gasteiger partial charge in [0.25, 0.3) is 0 Å². The zero-order chi connectivity index (χ0) is 11.5. The Labute approximate surface area is 101 Å². The van der Waals surface area contributed by atoms with Crippen molar-refractivity contribution in [1.82, 2.24) is 10.2 Å². The molecule has 2 heteroatoms. The van der Waals surface area contributed by atoms with Crippen molar-refractivity contribution in [1.29, 1.82) is 0 Å². The van der Waals surface area contributed by atoms with Crippen molar-refractivity contribution >= 4 is 0 Å². The van der Waals surface area contributed by atoms with Crippen LogP contribution < -0.4 is 5.32 Å². The van der Waals surface area contributed by atoms with E-state index in [1.807, 2.05) is 0 Å². The van der Waals surface area contributed by atoms with E-state index < -0.39 is 0 Å². The Hall–Kier alpha value is -0.0800. The van der Waals surface area contributed by atoms with Crippen molar-refractivity contribution < 1.29 is 0 Å². The molecule has 2 heterocycles. The number of hydrogen-bond donors (Lipinski definition) is 1. The summed E-state index contributed by atoms with van der Waals surface area (Å²) >= 11 is 0. The van der Waals surface area contributed by atoms with Gasteiger partial charge in [0.1, 0.15) is 0 Å². The van der Waals surface area contributed by atoms with Crippen LogP contribution in [-0.4, -0.2) is 36.6 Å². The monoisotopic (exact) mass is 224 g/mol. The van der Waals surface area contributed by atoms with Gasteiger partial charge in [0.2, 0.25) is 0 Å². The van der Waals surface area contributed by atoms with E-state index >= 15 is 0 Å². The predicted octanol–water partition coefficient (Wildman–Crippen LogP) is 2.64. The Balaban J connectivity index is 1.76. The highest BCUT2D eigenvalue weighted by atomic mass is 15.2. The summed E-state index contributed by atoms with van der Waals surface area (Å²) in [5.41, 5.74) is 0. The molecule has 16 heavy (non-hydrogen) atoms. The second-order valence-corrected chi connectivity index (χ2v) is 5.81. The van der Waals surface area contributed by atoms with Crippen molar-refractivity contribution in [3.8, 4) is 0 Å². The van der Waals surface area contributed by atoms with Gasteiger partial charge < -0.3 is 10.2 Å². The first-order valence-corrected chi connectivity index (χ1v) is 7.19. The van der Waals surface area contributed by atoms with Gasteiger partial charge in [-0.1, -0.05) is 26.7 Å². The third-order valence-electron chi connectivity index (χ3n) is 4.95. The van der Waals surface area contributed by atoms with Gasteiger partial charge in [-0.3, -0.25) is 0 Å². The standard InChI is InChI=1S/C14H28N2/c1-4-11(5-2)10-15-12-8-13-6-7-14(9-12)16(13)3/h11-15H,4-10H2,1-3H3. The van der Waals surface area contributed by atoms with Crippen LogP contribution in [0.3, 0.4) is 0 Å². The first-order chi connectivity index (χ1) is 7.74. The summed E-state index contributed by atoms with van der Waals surface area (Å²) in [6, 6.07) is 2.55. The van der Waals surface area contributed by atoms with Gasteiger partial charge in [-0.05, 0) is 45.2 Å². The van der Waals surface area contributed by atoms with Crippen LogP contribution in [0.4, 0.5) is 0 Å². The normalized spacial score (nSPS) is 34.9. The van der Waals surface area contributed by atoms with Gasteiger partial charge in [0, 0.05) is 18.1 Å². The number of piperidine rings is 1. The van der Waals surface area contributed by atoms with Crippen LogP contribution in [0.25, 0.3) is 0 Å². The van der Waals surface area contributed by atoms with Gasteiger partial charge >= 0.3 is 0 Å². The van der Waals surface area contributed by atoms with Crippen LogP contribution in [0.1, 0.15) is 52.4 Å². The molecule has 2 atom stereocenters. The molecule has 2 aliphatic rings. The zero-order valence-corrected chi connectivity index (χ0v) is 11.2. The molecule has 2 nitrogen and oxygen atoms in total. The van der Waals surface area contributed by atoms with Gasteiger partial charge in [0.05, 0.1) is 0 Å². The van der Waals surface area contributed by atoms with E-state index in [1.165, 1.54) is 45.1 Å². The number of fused-ring (bicyclic) bond motifs is 2. The molecular weight excluding hydrogens is 196 g/mol. The van der Waals surface area contributed by atoms with Crippen molar-refractivity contribution in [2.24, 2.45) is 5.92 Å². The molecular formula is C14H28N2. The molecule has 0 aromatic rings. The summed E-state index contributed by atoms with van der Waals surface area (Å²) in [6.07, 6.45) is 8.28. The molecule has 2 saturated heterocycles. The molecule has 2 rings (SSSR count). The van der Waals surface area contributed by atoms with E-state index in [2.05, 4.69) is 31.1 Å². The minimum absolute atomic E-state index is 0.800. The first-order valence-electron chi connectivity index (χ1n) is 7.19. The van der Waals surface area contributed by atoms with Crippen molar-refractivity contribution in [2.75, 3.05) is 13.6 Å². The number of rotatable bonds is 5. The van der Waals surface area contributed by atoms with Gasteiger partial charge in [-0.2, -0.15) is 0 Å². The Kier molecular flexibility index (Phi) is 4.26. The minimum Gasteiger partial charge on any atom is -0.314 e. The highest BCUT2D eigenvalue weighted by Gasteiger charge is 2.38. The van der Waals surface area contributed by atoms with Gasteiger partial charge in [-0.15, -0.1) is 0 Å². The van der Waals surface area contributed by atoms with Crippen molar-refractivity contribution in [3.05, 3.63) is 0 Å². The first kappa shape index (κ1) is 12.4.